The maximum atomic E-state index is 13.1. The fourth-order valence-electron chi connectivity index (χ4n) is 3.94. The molecule has 1 fully saturated rings. The lowest BCUT2D eigenvalue weighted by atomic mass is 10.2. The van der Waals surface area contributed by atoms with Crippen molar-refractivity contribution >= 4 is 17.6 Å². The Balaban J connectivity index is 1.20. The maximum Gasteiger partial charge on any atom is 0.123 e. The van der Waals surface area contributed by atoms with Crippen LogP contribution in [0, 0.1) is 5.82 Å². The van der Waals surface area contributed by atoms with Crippen LogP contribution in [0.15, 0.2) is 41.4 Å². The first kappa shape index (κ1) is 18.8. The Morgan fingerprint density at radius 2 is 1.81 bits per heavy atom. The van der Waals surface area contributed by atoms with E-state index >= 15 is 0 Å². The normalized spacial score (nSPS) is 21.4. The molecule has 2 aromatic rings. The summed E-state index contributed by atoms with van der Waals surface area (Å²) in [4.78, 5) is 5.99. The van der Waals surface area contributed by atoms with Gasteiger partial charge in [0.25, 0.3) is 0 Å². The second-order valence-corrected chi connectivity index (χ2v) is 8.47. The van der Waals surface area contributed by atoms with Crippen LogP contribution >= 0.6 is 11.9 Å². The lowest BCUT2D eigenvalue weighted by Gasteiger charge is -2.36. The second kappa shape index (κ2) is 8.22. The van der Waals surface area contributed by atoms with Crippen LogP contribution in [0.2, 0.25) is 0 Å². The Kier molecular flexibility index (Phi) is 5.73. The molecule has 0 aliphatic carbocycles. The number of hydrogen-bond donors (Lipinski definition) is 1. The molecule has 1 unspecified atom stereocenters. The predicted molar refractivity (Wildman–Crippen MR) is 107 cm³/mol. The van der Waals surface area contributed by atoms with Crippen LogP contribution in [0.3, 0.4) is 0 Å². The van der Waals surface area contributed by atoms with Crippen LogP contribution in [0.4, 0.5) is 10.1 Å². The quantitative estimate of drug-likeness (QED) is 0.795. The number of rotatable bonds is 5. The summed E-state index contributed by atoms with van der Waals surface area (Å²) < 4.78 is 17.4. The maximum absolute atomic E-state index is 13.1. The number of anilines is 1. The summed E-state index contributed by atoms with van der Waals surface area (Å²) in [5.74, 6) is -0.180. The minimum Gasteiger partial charge on any atom is -0.385 e. The van der Waals surface area contributed by atoms with Gasteiger partial charge >= 0.3 is 0 Å². The molecule has 7 heteroatoms. The van der Waals surface area contributed by atoms with Crippen molar-refractivity contribution < 1.29 is 9.50 Å². The predicted octanol–water partition coefficient (Wildman–Crippen LogP) is 2.73. The molecular weight excluding hydrogens is 363 g/mol. The fraction of sp³-hybridized carbons (Fsp3) is 0.500. The van der Waals surface area contributed by atoms with Gasteiger partial charge in [-0.05, 0) is 55.2 Å². The molecule has 1 aromatic heterocycles. The average Bonchev–Trinajstić information content (AvgIpc) is 3.04. The molecule has 1 saturated heterocycles. The number of β-amino-alcohol motifs (C(OH)–C–C–N with tert-alkyl or cyclic N) is 1. The number of nitrogens with zero attached hydrogens (tertiary/aromatic N) is 4. The van der Waals surface area contributed by atoms with Crippen LogP contribution in [0.1, 0.15) is 18.2 Å². The third-order valence-corrected chi connectivity index (χ3v) is 6.58. The SMILES string of the molecule is Cn1ccc2c1C(O)CN(CCCN1CCN(c3ccc(F)cc3)CC1)S2. The summed E-state index contributed by atoms with van der Waals surface area (Å²) in [6.07, 6.45) is 2.71. The fourth-order valence-corrected chi connectivity index (χ4v) is 5.15. The Morgan fingerprint density at radius 3 is 2.56 bits per heavy atom. The number of hydrogen-bond acceptors (Lipinski definition) is 5. The van der Waals surface area contributed by atoms with Crippen molar-refractivity contribution in [3.05, 3.63) is 48.0 Å². The molecule has 0 bridgehead atoms. The van der Waals surface area contributed by atoms with Gasteiger partial charge in [0.15, 0.2) is 0 Å². The summed E-state index contributed by atoms with van der Waals surface area (Å²) in [7, 11) is 1.99. The third kappa shape index (κ3) is 4.32. The molecule has 0 radical (unpaired) electrons. The molecule has 27 heavy (non-hydrogen) atoms. The van der Waals surface area contributed by atoms with E-state index < -0.39 is 6.10 Å². The molecule has 5 nitrogen and oxygen atoms in total. The topological polar surface area (TPSA) is 34.9 Å². The Morgan fingerprint density at radius 1 is 1.07 bits per heavy atom. The van der Waals surface area contributed by atoms with Crippen LogP contribution in [-0.2, 0) is 7.05 Å². The van der Waals surface area contributed by atoms with Crippen LogP contribution in [-0.4, -0.2) is 64.7 Å². The van der Waals surface area contributed by atoms with E-state index in [1.54, 1.807) is 11.9 Å². The number of aryl methyl sites for hydroxylation is 1. The lowest BCUT2D eigenvalue weighted by Crippen LogP contribution is -2.47. The van der Waals surface area contributed by atoms with Gasteiger partial charge in [-0.3, -0.25) is 4.90 Å². The zero-order valence-corrected chi connectivity index (χ0v) is 16.5. The van der Waals surface area contributed by atoms with E-state index in [9.17, 15) is 9.50 Å². The molecule has 1 N–H and O–H groups in total. The Hall–Kier alpha value is -1.54. The van der Waals surface area contributed by atoms with Gasteiger partial charge in [-0.25, -0.2) is 8.70 Å². The van der Waals surface area contributed by atoms with Crippen molar-refractivity contribution in [2.24, 2.45) is 7.05 Å². The van der Waals surface area contributed by atoms with Crippen molar-refractivity contribution in [3.63, 3.8) is 0 Å². The number of piperazine rings is 1. The number of aliphatic hydroxyl groups is 1. The monoisotopic (exact) mass is 390 g/mol. The van der Waals surface area contributed by atoms with Gasteiger partial charge in [-0.15, -0.1) is 0 Å². The first-order chi connectivity index (χ1) is 13.1. The largest absolute Gasteiger partial charge is 0.385 e. The summed E-state index contributed by atoms with van der Waals surface area (Å²) in [5.41, 5.74) is 2.14. The molecule has 2 aliphatic rings. The average molecular weight is 391 g/mol. The highest BCUT2D eigenvalue weighted by atomic mass is 32.2. The van der Waals surface area contributed by atoms with E-state index in [1.807, 2.05) is 29.9 Å². The molecule has 146 valence electrons. The van der Waals surface area contributed by atoms with Crippen LogP contribution < -0.4 is 4.90 Å². The van der Waals surface area contributed by atoms with E-state index in [1.165, 1.54) is 17.0 Å². The van der Waals surface area contributed by atoms with Crippen molar-refractivity contribution in [1.29, 1.82) is 0 Å². The Labute approximate surface area is 164 Å². The number of fused-ring (bicyclic) bond motifs is 1. The minimum absolute atomic E-state index is 0.180. The summed E-state index contributed by atoms with van der Waals surface area (Å²) in [5, 5.41) is 10.4. The highest BCUT2D eigenvalue weighted by Crippen LogP contribution is 2.37. The number of aromatic nitrogens is 1. The van der Waals surface area contributed by atoms with Crippen molar-refractivity contribution in [1.82, 2.24) is 13.8 Å². The van der Waals surface area contributed by atoms with E-state index in [0.717, 1.165) is 57.1 Å². The molecule has 3 heterocycles. The van der Waals surface area contributed by atoms with Gasteiger partial charge in [-0.2, -0.15) is 0 Å². The van der Waals surface area contributed by atoms with Gasteiger partial charge in [-0.1, -0.05) is 0 Å². The highest BCUT2D eigenvalue weighted by molar-refractivity contribution is 7.97. The number of aliphatic hydroxyl groups excluding tert-OH is 1. The van der Waals surface area contributed by atoms with Crippen molar-refractivity contribution in [3.8, 4) is 0 Å². The first-order valence-electron chi connectivity index (χ1n) is 9.59. The van der Waals surface area contributed by atoms with E-state index in [0.29, 0.717) is 6.54 Å². The molecule has 2 aliphatic heterocycles. The molecule has 1 atom stereocenters. The molecular formula is C20H27FN4OS. The molecule has 1 aromatic carbocycles. The summed E-state index contributed by atoms with van der Waals surface area (Å²) in [6.45, 7) is 6.78. The number of halogens is 1. The summed E-state index contributed by atoms with van der Waals surface area (Å²) in [6, 6.07) is 8.88. The number of benzene rings is 1. The van der Waals surface area contributed by atoms with Gasteiger partial charge in [0.2, 0.25) is 0 Å². The standard InChI is InChI=1S/C20H27FN4OS/c1-22-10-7-19-20(22)18(26)15-25(27-19)9-2-8-23-11-13-24(14-12-23)17-5-3-16(21)4-6-17/h3-7,10,18,26H,2,8-9,11-15H2,1H3. The van der Waals surface area contributed by atoms with Gasteiger partial charge in [0.05, 0.1) is 5.69 Å². The van der Waals surface area contributed by atoms with E-state index in [-0.39, 0.29) is 5.82 Å². The first-order valence-corrected chi connectivity index (χ1v) is 10.4. The zero-order chi connectivity index (χ0) is 18.8. The van der Waals surface area contributed by atoms with Crippen LogP contribution in [0.5, 0.6) is 0 Å². The van der Waals surface area contributed by atoms with Crippen molar-refractivity contribution in [2.45, 2.75) is 17.4 Å². The van der Waals surface area contributed by atoms with Crippen LogP contribution in [0.25, 0.3) is 0 Å². The van der Waals surface area contributed by atoms with Crippen molar-refractivity contribution in [2.75, 3.05) is 50.7 Å². The van der Waals surface area contributed by atoms with Gasteiger partial charge < -0.3 is 14.6 Å². The van der Waals surface area contributed by atoms with Gasteiger partial charge in [0, 0.05) is 63.1 Å². The Bertz CT molecular complexity index is 758. The zero-order valence-electron chi connectivity index (χ0n) is 15.7. The van der Waals surface area contributed by atoms with Gasteiger partial charge in [0.1, 0.15) is 11.9 Å². The molecule has 4 rings (SSSR count). The third-order valence-electron chi connectivity index (χ3n) is 5.45. The molecule has 0 saturated carbocycles. The van der Waals surface area contributed by atoms with E-state index in [2.05, 4.69) is 20.2 Å². The highest BCUT2D eigenvalue weighted by Gasteiger charge is 2.27. The smallest absolute Gasteiger partial charge is 0.123 e. The molecule has 0 spiro atoms. The second-order valence-electron chi connectivity index (χ2n) is 7.33. The van der Waals surface area contributed by atoms with E-state index in [4.69, 9.17) is 0 Å². The minimum atomic E-state index is -0.402. The summed E-state index contributed by atoms with van der Waals surface area (Å²) >= 11 is 1.76. The molecule has 0 amide bonds. The lowest BCUT2D eigenvalue weighted by molar-refractivity contribution is 0.134.